The summed E-state index contributed by atoms with van der Waals surface area (Å²) in [7, 11) is 1.92. The van der Waals surface area contributed by atoms with Crippen molar-refractivity contribution in [2.45, 2.75) is 25.8 Å². The Balaban J connectivity index is 2.48. The lowest BCUT2D eigenvalue weighted by Gasteiger charge is -2.16. The van der Waals surface area contributed by atoms with Gasteiger partial charge < -0.3 is 15.1 Å². The van der Waals surface area contributed by atoms with Crippen molar-refractivity contribution in [3.63, 3.8) is 0 Å². The lowest BCUT2D eigenvalue weighted by molar-refractivity contribution is 0.0693. The second-order valence-electron chi connectivity index (χ2n) is 4.21. The minimum absolute atomic E-state index is 0.153. The van der Waals surface area contributed by atoms with Crippen molar-refractivity contribution < 1.29 is 15.0 Å². The number of unbranched alkanes of at least 4 members (excludes halogenated alkanes) is 2. The predicted octanol–water partition coefficient (Wildman–Crippen LogP) is 0.769. The topological polar surface area (TPSA) is 86.5 Å². The summed E-state index contributed by atoms with van der Waals surface area (Å²) in [6.45, 7) is 1.56. The maximum Gasteiger partial charge on any atom is 0.339 e. The molecule has 0 atom stereocenters. The number of carboxylic acid groups (broad SMARTS) is 1. The van der Waals surface area contributed by atoms with Crippen molar-refractivity contribution in [1.82, 2.24) is 14.9 Å². The number of aliphatic hydroxyl groups excluding tert-OH is 1. The maximum atomic E-state index is 11.0. The third-order valence-electron chi connectivity index (χ3n) is 2.64. The fourth-order valence-electron chi connectivity index (χ4n) is 1.66. The van der Waals surface area contributed by atoms with Gasteiger partial charge in [-0.3, -0.25) is 0 Å². The van der Waals surface area contributed by atoms with Crippen LogP contribution in [-0.4, -0.2) is 51.2 Å². The summed E-state index contributed by atoms with van der Waals surface area (Å²) in [6.07, 6.45) is 5.44. The van der Waals surface area contributed by atoms with Gasteiger partial charge in [-0.05, 0) is 32.9 Å². The molecule has 0 unspecified atom stereocenters. The highest BCUT2D eigenvalue weighted by atomic mass is 16.4. The van der Waals surface area contributed by atoms with Gasteiger partial charge in [-0.15, -0.1) is 0 Å². The summed E-state index contributed by atoms with van der Waals surface area (Å²) in [6, 6.07) is 0. The molecule has 0 spiro atoms. The monoisotopic (exact) mass is 253 g/mol. The van der Waals surface area contributed by atoms with Crippen LogP contribution in [0.4, 0.5) is 0 Å². The molecular weight excluding hydrogens is 234 g/mol. The standard InChI is InChI=1S/C12H19N3O3/c1-15(5-3-2-4-6-16)8-11-10(12(17)18)7-13-9-14-11/h7,9,16H,2-6,8H2,1H3,(H,17,18). The van der Waals surface area contributed by atoms with Crippen LogP contribution >= 0.6 is 0 Å². The Labute approximate surface area is 106 Å². The highest BCUT2D eigenvalue weighted by molar-refractivity contribution is 5.88. The normalized spacial score (nSPS) is 10.8. The van der Waals surface area contributed by atoms with Crippen LogP contribution in [0.15, 0.2) is 12.5 Å². The van der Waals surface area contributed by atoms with Gasteiger partial charge in [0.25, 0.3) is 0 Å². The zero-order chi connectivity index (χ0) is 13.4. The van der Waals surface area contributed by atoms with Crippen LogP contribution in [0.5, 0.6) is 0 Å². The third-order valence-corrected chi connectivity index (χ3v) is 2.64. The van der Waals surface area contributed by atoms with Crippen molar-refractivity contribution in [3.05, 3.63) is 23.8 Å². The molecule has 6 heteroatoms. The molecule has 0 saturated heterocycles. The van der Waals surface area contributed by atoms with Gasteiger partial charge in [0, 0.05) is 19.3 Å². The van der Waals surface area contributed by atoms with Crippen molar-refractivity contribution in [3.8, 4) is 0 Å². The average molecular weight is 253 g/mol. The fraction of sp³-hybridized carbons (Fsp3) is 0.583. The van der Waals surface area contributed by atoms with E-state index in [1.807, 2.05) is 11.9 Å². The van der Waals surface area contributed by atoms with Crippen LogP contribution in [-0.2, 0) is 6.54 Å². The molecule has 0 aromatic carbocycles. The Bertz CT molecular complexity index is 385. The second kappa shape index (κ2) is 7.73. The number of aromatic nitrogens is 2. The lowest BCUT2D eigenvalue weighted by Crippen LogP contribution is -2.21. The highest BCUT2D eigenvalue weighted by Gasteiger charge is 2.12. The molecule has 0 saturated carbocycles. The molecule has 1 aromatic rings. The molecule has 6 nitrogen and oxygen atoms in total. The van der Waals surface area contributed by atoms with Crippen molar-refractivity contribution in [1.29, 1.82) is 0 Å². The van der Waals surface area contributed by atoms with Gasteiger partial charge in [-0.2, -0.15) is 0 Å². The van der Waals surface area contributed by atoms with Gasteiger partial charge in [0.1, 0.15) is 11.9 Å². The van der Waals surface area contributed by atoms with E-state index < -0.39 is 5.97 Å². The SMILES string of the molecule is CN(CCCCCO)Cc1ncncc1C(=O)O. The van der Waals surface area contributed by atoms with Gasteiger partial charge in [-0.1, -0.05) is 0 Å². The molecule has 0 aliphatic heterocycles. The molecule has 0 fully saturated rings. The molecule has 1 aromatic heterocycles. The molecule has 0 aliphatic rings. The number of nitrogens with zero attached hydrogens (tertiary/aromatic N) is 3. The smallest absolute Gasteiger partial charge is 0.339 e. The minimum atomic E-state index is -1.00. The van der Waals surface area contributed by atoms with Crippen LogP contribution in [0.1, 0.15) is 35.3 Å². The lowest BCUT2D eigenvalue weighted by atomic mass is 10.2. The quantitative estimate of drug-likeness (QED) is 0.665. The number of rotatable bonds is 8. The summed E-state index contributed by atoms with van der Waals surface area (Å²) >= 11 is 0. The van der Waals surface area contributed by atoms with E-state index in [4.69, 9.17) is 10.2 Å². The summed E-state index contributed by atoms with van der Waals surface area (Å²) in [5.41, 5.74) is 0.682. The summed E-state index contributed by atoms with van der Waals surface area (Å²) < 4.78 is 0. The van der Waals surface area contributed by atoms with Crippen LogP contribution in [0.3, 0.4) is 0 Å². The van der Waals surface area contributed by atoms with Crippen LogP contribution < -0.4 is 0 Å². The Morgan fingerprint density at radius 3 is 2.83 bits per heavy atom. The zero-order valence-corrected chi connectivity index (χ0v) is 10.5. The number of carboxylic acids is 1. The highest BCUT2D eigenvalue weighted by Crippen LogP contribution is 2.07. The summed E-state index contributed by atoms with van der Waals surface area (Å²) in [4.78, 5) is 20.7. The van der Waals surface area contributed by atoms with E-state index in [0.29, 0.717) is 12.2 Å². The van der Waals surface area contributed by atoms with E-state index in [0.717, 1.165) is 25.8 Å². The first-order valence-corrected chi connectivity index (χ1v) is 5.96. The molecule has 1 rings (SSSR count). The molecule has 0 aliphatic carbocycles. The first-order valence-electron chi connectivity index (χ1n) is 5.96. The van der Waals surface area contributed by atoms with Gasteiger partial charge in [0.05, 0.1) is 5.69 Å². The summed E-state index contributed by atoms with van der Waals surface area (Å²) in [5.74, 6) is -1.00. The predicted molar refractivity (Wildman–Crippen MR) is 66.3 cm³/mol. The fourth-order valence-corrected chi connectivity index (χ4v) is 1.66. The molecule has 0 radical (unpaired) electrons. The Hall–Kier alpha value is -1.53. The van der Waals surface area contributed by atoms with E-state index in [2.05, 4.69) is 9.97 Å². The zero-order valence-electron chi connectivity index (χ0n) is 10.5. The second-order valence-corrected chi connectivity index (χ2v) is 4.21. The molecule has 0 bridgehead atoms. The maximum absolute atomic E-state index is 11.0. The Morgan fingerprint density at radius 2 is 2.17 bits per heavy atom. The molecule has 1 heterocycles. The largest absolute Gasteiger partial charge is 0.478 e. The Morgan fingerprint density at radius 1 is 1.39 bits per heavy atom. The first-order chi connectivity index (χ1) is 8.65. The van der Waals surface area contributed by atoms with E-state index in [-0.39, 0.29) is 12.2 Å². The summed E-state index contributed by atoms with van der Waals surface area (Å²) in [5, 5.41) is 17.7. The van der Waals surface area contributed by atoms with Crippen molar-refractivity contribution in [2.75, 3.05) is 20.2 Å². The van der Waals surface area contributed by atoms with Gasteiger partial charge in [0.2, 0.25) is 0 Å². The van der Waals surface area contributed by atoms with Crippen LogP contribution in [0, 0.1) is 0 Å². The first kappa shape index (κ1) is 14.5. The van der Waals surface area contributed by atoms with Gasteiger partial charge in [-0.25, -0.2) is 14.8 Å². The molecule has 100 valence electrons. The number of hydrogen-bond acceptors (Lipinski definition) is 5. The van der Waals surface area contributed by atoms with Crippen molar-refractivity contribution >= 4 is 5.97 Å². The third kappa shape index (κ3) is 4.77. The molecule has 2 N–H and O–H groups in total. The number of hydrogen-bond donors (Lipinski definition) is 2. The number of aromatic carboxylic acids is 1. The Kier molecular flexibility index (Phi) is 6.24. The molecular formula is C12H19N3O3. The minimum Gasteiger partial charge on any atom is -0.478 e. The van der Waals surface area contributed by atoms with Crippen LogP contribution in [0.25, 0.3) is 0 Å². The molecule has 0 amide bonds. The van der Waals surface area contributed by atoms with E-state index in [1.54, 1.807) is 0 Å². The van der Waals surface area contributed by atoms with Gasteiger partial charge in [0.15, 0.2) is 0 Å². The van der Waals surface area contributed by atoms with Crippen LogP contribution in [0.2, 0.25) is 0 Å². The number of carbonyl (C=O) groups is 1. The van der Waals surface area contributed by atoms with Crippen molar-refractivity contribution in [2.24, 2.45) is 0 Å². The molecule has 18 heavy (non-hydrogen) atoms. The van der Waals surface area contributed by atoms with E-state index in [9.17, 15) is 4.79 Å². The van der Waals surface area contributed by atoms with E-state index >= 15 is 0 Å². The van der Waals surface area contributed by atoms with E-state index in [1.165, 1.54) is 12.5 Å². The van der Waals surface area contributed by atoms with Gasteiger partial charge >= 0.3 is 5.97 Å². The average Bonchev–Trinajstić information content (AvgIpc) is 2.35. The number of aliphatic hydroxyl groups is 1.